The average Bonchev–Trinajstić information content (AvgIpc) is 3.18. The van der Waals surface area contributed by atoms with Gasteiger partial charge in [0, 0.05) is 32.2 Å². The molecule has 0 atom stereocenters. The molecule has 1 aliphatic heterocycles. The molecule has 0 N–H and O–H groups in total. The fourth-order valence-electron chi connectivity index (χ4n) is 3.05. The molecule has 0 radical (unpaired) electrons. The summed E-state index contributed by atoms with van der Waals surface area (Å²) < 4.78 is 27.0. The highest BCUT2D eigenvalue weighted by Crippen LogP contribution is 2.28. The molecule has 138 valence electrons. The van der Waals surface area contributed by atoms with Crippen LogP contribution in [-0.4, -0.2) is 43.7 Å². The number of carbonyl (C=O) groups is 1. The first-order valence-corrected chi connectivity index (χ1v) is 10.3. The van der Waals surface area contributed by atoms with Gasteiger partial charge in [-0.25, -0.2) is 8.42 Å². The molecule has 26 heavy (non-hydrogen) atoms. The van der Waals surface area contributed by atoms with Crippen LogP contribution >= 0.6 is 11.6 Å². The molecule has 7 heteroatoms. The zero-order chi connectivity index (χ0) is 18.7. The van der Waals surface area contributed by atoms with Gasteiger partial charge in [0.05, 0.1) is 5.02 Å². The molecule has 0 aromatic heterocycles. The van der Waals surface area contributed by atoms with Crippen molar-refractivity contribution in [1.82, 2.24) is 9.21 Å². The molecule has 0 saturated carbocycles. The van der Waals surface area contributed by atoms with Gasteiger partial charge >= 0.3 is 0 Å². The second kappa shape index (κ2) is 7.78. The molecule has 0 bridgehead atoms. The van der Waals surface area contributed by atoms with E-state index in [-0.39, 0.29) is 15.8 Å². The van der Waals surface area contributed by atoms with Gasteiger partial charge in [0.15, 0.2) is 0 Å². The first-order valence-electron chi connectivity index (χ1n) is 8.48. The Balaban J connectivity index is 1.85. The maximum atomic E-state index is 12.8. The van der Waals surface area contributed by atoms with Crippen LogP contribution in [0.3, 0.4) is 0 Å². The fourth-order valence-corrected chi connectivity index (χ4v) is 5.07. The van der Waals surface area contributed by atoms with Gasteiger partial charge in [-0.1, -0.05) is 41.9 Å². The van der Waals surface area contributed by atoms with Crippen molar-refractivity contribution in [3.8, 4) is 0 Å². The van der Waals surface area contributed by atoms with Gasteiger partial charge in [-0.2, -0.15) is 4.31 Å². The van der Waals surface area contributed by atoms with E-state index in [9.17, 15) is 13.2 Å². The van der Waals surface area contributed by atoms with E-state index < -0.39 is 10.0 Å². The van der Waals surface area contributed by atoms with Crippen molar-refractivity contribution in [2.45, 2.75) is 24.3 Å². The zero-order valence-electron chi connectivity index (χ0n) is 14.6. The summed E-state index contributed by atoms with van der Waals surface area (Å²) in [6.07, 6.45) is 1.69. The second-order valence-corrected chi connectivity index (χ2v) is 8.72. The lowest BCUT2D eigenvalue weighted by Crippen LogP contribution is -2.29. The Morgan fingerprint density at radius 3 is 2.42 bits per heavy atom. The number of hydrogen-bond acceptors (Lipinski definition) is 3. The SMILES string of the molecule is CN(Cc1ccccc1)C(=O)c1ccc(Cl)c(S(=O)(=O)N2CCCC2)c1. The smallest absolute Gasteiger partial charge is 0.253 e. The molecule has 0 aliphatic carbocycles. The topological polar surface area (TPSA) is 57.7 Å². The molecule has 1 amide bonds. The van der Waals surface area contributed by atoms with Gasteiger partial charge in [0.2, 0.25) is 10.0 Å². The number of nitrogens with zero attached hydrogens (tertiary/aromatic N) is 2. The van der Waals surface area contributed by atoms with E-state index in [0.29, 0.717) is 25.2 Å². The summed E-state index contributed by atoms with van der Waals surface area (Å²) in [7, 11) is -1.99. The van der Waals surface area contributed by atoms with E-state index >= 15 is 0 Å². The molecule has 1 fully saturated rings. The van der Waals surface area contributed by atoms with E-state index in [1.54, 1.807) is 18.0 Å². The number of sulfonamides is 1. The first-order chi connectivity index (χ1) is 12.4. The summed E-state index contributed by atoms with van der Waals surface area (Å²) in [5.41, 5.74) is 1.31. The van der Waals surface area contributed by atoms with E-state index in [1.165, 1.54) is 16.4 Å². The maximum Gasteiger partial charge on any atom is 0.253 e. The Bertz CT molecular complexity index is 894. The van der Waals surface area contributed by atoms with Crippen LogP contribution in [0.25, 0.3) is 0 Å². The molecule has 0 unspecified atom stereocenters. The number of carbonyl (C=O) groups excluding carboxylic acids is 1. The van der Waals surface area contributed by atoms with Crippen molar-refractivity contribution in [2.75, 3.05) is 20.1 Å². The lowest BCUT2D eigenvalue weighted by molar-refractivity contribution is 0.0785. The van der Waals surface area contributed by atoms with Crippen LogP contribution in [0.5, 0.6) is 0 Å². The third-order valence-electron chi connectivity index (χ3n) is 4.47. The predicted octanol–water partition coefficient (Wildman–Crippen LogP) is 3.40. The second-order valence-electron chi connectivity index (χ2n) is 6.40. The highest BCUT2D eigenvalue weighted by molar-refractivity contribution is 7.89. The third kappa shape index (κ3) is 3.92. The van der Waals surface area contributed by atoms with E-state index in [2.05, 4.69) is 0 Å². The summed E-state index contributed by atoms with van der Waals surface area (Å²) in [4.78, 5) is 14.3. The predicted molar refractivity (Wildman–Crippen MR) is 102 cm³/mol. The minimum Gasteiger partial charge on any atom is -0.337 e. The largest absolute Gasteiger partial charge is 0.337 e. The van der Waals surface area contributed by atoms with Gasteiger partial charge in [-0.3, -0.25) is 4.79 Å². The quantitative estimate of drug-likeness (QED) is 0.783. The highest BCUT2D eigenvalue weighted by atomic mass is 35.5. The number of amides is 1. The summed E-state index contributed by atoms with van der Waals surface area (Å²) in [5, 5.41) is 0.138. The van der Waals surface area contributed by atoms with Crippen LogP contribution in [-0.2, 0) is 16.6 Å². The highest BCUT2D eigenvalue weighted by Gasteiger charge is 2.30. The summed E-state index contributed by atoms with van der Waals surface area (Å²) in [6.45, 7) is 1.42. The molecule has 5 nitrogen and oxygen atoms in total. The first kappa shape index (κ1) is 18.9. The number of benzene rings is 2. The van der Waals surface area contributed by atoms with Crippen LogP contribution in [0.4, 0.5) is 0 Å². The normalized spacial score (nSPS) is 15.2. The molecule has 1 heterocycles. The minimum atomic E-state index is -3.68. The van der Waals surface area contributed by atoms with Gasteiger partial charge in [-0.05, 0) is 36.6 Å². The Hall–Kier alpha value is -1.89. The van der Waals surface area contributed by atoms with E-state index in [4.69, 9.17) is 11.6 Å². The molecular weight excluding hydrogens is 372 g/mol. The van der Waals surface area contributed by atoms with Crippen molar-refractivity contribution in [1.29, 1.82) is 0 Å². The van der Waals surface area contributed by atoms with E-state index in [1.807, 2.05) is 30.3 Å². The standard InChI is InChI=1S/C19H21ClN2O3S/c1-21(14-15-7-3-2-4-8-15)19(23)16-9-10-17(20)18(13-16)26(24,25)22-11-5-6-12-22/h2-4,7-10,13H,5-6,11-12,14H2,1H3. The lowest BCUT2D eigenvalue weighted by Gasteiger charge is -2.20. The molecular formula is C19H21ClN2O3S. The molecule has 2 aromatic rings. The van der Waals surface area contributed by atoms with Crippen LogP contribution in [0.1, 0.15) is 28.8 Å². The van der Waals surface area contributed by atoms with Crippen molar-refractivity contribution in [2.24, 2.45) is 0 Å². The molecule has 1 aliphatic rings. The van der Waals surface area contributed by atoms with Crippen LogP contribution in [0.15, 0.2) is 53.4 Å². The van der Waals surface area contributed by atoms with Gasteiger partial charge in [0.1, 0.15) is 4.90 Å². The average molecular weight is 393 g/mol. The number of rotatable bonds is 5. The third-order valence-corrected chi connectivity index (χ3v) is 6.85. The van der Waals surface area contributed by atoms with Crippen molar-refractivity contribution in [3.63, 3.8) is 0 Å². The minimum absolute atomic E-state index is 0.0000257. The monoisotopic (exact) mass is 392 g/mol. The van der Waals surface area contributed by atoms with Gasteiger partial charge in [-0.15, -0.1) is 0 Å². The molecule has 2 aromatic carbocycles. The maximum absolute atomic E-state index is 12.8. The van der Waals surface area contributed by atoms with Gasteiger partial charge in [0.25, 0.3) is 5.91 Å². The number of halogens is 1. The number of hydrogen-bond donors (Lipinski definition) is 0. The van der Waals surface area contributed by atoms with Crippen molar-refractivity contribution < 1.29 is 13.2 Å². The molecule has 3 rings (SSSR count). The molecule has 0 spiro atoms. The molecule has 1 saturated heterocycles. The van der Waals surface area contributed by atoms with Crippen LogP contribution in [0.2, 0.25) is 5.02 Å². The summed E-state index contributed by atoms with van der Waals surface area (Å²) >= 11 is 6.14. The fraction of sp³-hybridized carbons (Fsp3) is 0.316. The Morgan fingerprint density at radius 1 is 1.12 bits per heavy atom. The Morgan fingerprint density at radius 2 is 1.77 bits per heavy atom. The van der Waals surface area contributed by atoms with E-state index in [0.717, 1.165) is 18.4 Å². The Labute approximate surface area is 159 Å². The summed E-state index contributed by atoms with van der Waals surface area (Å²) in [6, 6.07) is 14.1. The van der Waals surface area contributed by atoms with Gasteiger partial charge < -0.3 is 4.90 Å². The van der Waals surface area contributed by atoms with Crippen LogP contribution < -0.4 is 0 Å². The summed E-state index contributed by atoms with van der Waals surface area (Å²) in [5.74, 6) is -0.247. The lowest BCUT2D eigenvalue weighted by atomic mass is 10.1. The van der Waals surface area contributed by atoms with Crippen molar-refractivity contribution >= 4 is 27.5 Å². The Kier molecular flexibility index (Phi) is 5.65. The van der Waals surface area contributed by atoms with Crippen LogP contribution in [0, 0.1) is 0 Å². The van der Waals surface area contributed by atoms with Crippen molar-refractivity contribution in [3.05, 3.63) is 64.7 Å². The zero-order valence-corrected chi connectivity index (χ0v) is 16.1.